The number of aryl methyl sites for hydroxylation is 2. The molecule has 3 aromatic rings. The minimum absolute atomic E-state index is 0.0585. The van der Waals surface area contributed by atoms with E-state index < -0.39 is 5.54 Å². The van der Waals surface area contributed by atoms with Crippen molar-refractivity contribution in [3.8, 4) is 11.3 Å². The molecule has 2 amide bonds. The summed E-state index contributed by atoms with van der Waals surface area (Å²) < 4.78 is 5.53. The molecule has 1 saturated heterocycles. The molecule has 0 spiro atoms. The fourth-order valence-electron chi connectivity index (χ4n) is 5.54. The third-order valence-corrected chi connectivity index (χ3v) is 8.06. The molecule has 2 aromatic heterocycles. The van der Waals surface area contributed by atoms with Gasteiger partial charge >= 0.3 is 0 Å². The Morgan fingerprint density at radius 3 is 2.61 bits per heavy atom. The number of rotatable bonds is 8. The summed E-state index contributed by atoms with van der Waals surface area (Å²) in [5.74, 6) is 1.18. The molecular weight excluding hydrogens is 480 g/mol. The van der Waals surface area contributed by atoms with Gasteiger partial charge in [-0.2, -0.15) is 0 Å². The van der Waals surface area contributed by atoms with Crippen molar-refractivity contribution in [3.63, 3.8) is 0 Å². The quantitative estimate of drug-likeness (QED) is 0.474. The van der Waals surface area contributed by atoms with Gasteiger partial charge in [0.1, 0.15) is 0 Å². The lowest BCUT2D eigenvalue weighted by Gasteiger charge is -2.38. The first-order valence-corrected chi connectivity index (χ1v) is 13.6. The summed E-state index contributed by atoms with van der Waals surface area (Å²) in [5, 5.41) is 10.4. The lowest BCUT2D eigenvalue weighted by Crippen LogP contribution is -2.57. The number of carbonyl (C=O) groups is 2. The normalized spacial score (nSPS) is 22.6. The first kappa shape index (κ1) is 24.7. The molecule has 198 valence electrons. The summed E-state index contributed by atoms with van der Waals surface area (Å²) in [5.41, 5.74) is 2.84. The van der Waals surface area contributed by atoms with Crippen molar-refractivity contribution >= 4 is 11.8 Å². The first-order valence-electron chi connectivity index (χ1n) is 13.6. The van der Waals surface area contributed by atoms with E-state index in [1.54, 1.807) is 24.5 Å². The van der Waals surface area contributed by atoms with Crippen LogP contribution in [0.1, 0.15) is 59.5 Å². The average molecular weight is 515 g/mol. The molecule has 2 aliphatic carbocycles. The van der Waals surface area contributed by atoms with E-state index in [9.17, 15) is 9.59 Å². The lowest BCUT2D eigenvalue weighted by molar-refractivity contribution is -0.128. The van der Waals surface area contributed by atoms with Gasteiger partial charge in [0, 0.05) is 49.7 Å². The SMILES string of the molecule is Cc1ccc(-c2cc(C(=O)N[C@H]3CCN(CC4CC4)C[C@@H]3C(=O)NC3(c4ncccn4)CC3)no2)c(C)c1. The van der Waals surface area contributed by atoms with Crippen molar-refractivity contribution < 1.29 is 14.1 Å². The lowest BCUT2D eigenvalue weighted by atomic mass is 9.90. The van der Waals surface area contributed by atoms with Crippen molar-refractivity contribution in [1.82, 2.24) is 30.7 Å². The largest absolute Gasteiger partial charge is 0.355 e. The van der Waals surface area contributed by atoms with E-state index in [1.807, 2.05) is 26.0 Å². The molecule has 9 nitrogen and oxygen atoms in total. The smallest absolute Gasteiger partial charge is 0.273 e. The Hall–Kier alpha value is -3.59. The van der Waals surface area contributed by atoms with Crippen LogP contribution in [-0.2, 0) is 10.3 Å². The molecule has 6 rings (SSSR count). The van der Waals surface area contributed by atoms with Gasteiger partial charge in [0.15, 0.2) is 17.3 Å². The number of likely N-dealkylation sites (tertiary alicyclic amines) is 1. The molecule has 0 radical (unpaired) electrons. The molecule has 3 fully saturated rings. The van der Waals surface area contributed by atoms with Gasteiger partial charge in [-0.3, -0.25) is 9.59 Å². The number of hydrogen-bond donors (Lipinski definition) is 2. The predicted molar refractivity (Wildman–Crippen MR) is 141 cm³/mol. The highest BCUT2D eigenvalue weighted by molar-refractivity contribution is 5.94. The maximum absolute atomic E-state index is 13.7. The minimum Gasteiger partial charge on any atom is -0.355 e. The molecule has 38 heavy (non-hydrogen) atoms. The van der Waals surface area contributed by atoms with Gasteiger partial charge in [0.2, 0.25) is 5.91 Å². The summed E-state index contributed by atoms with van der Waals surface area (Å²) in [6.07, 6.45) is 8.28. The molecule has 0 unspecified atom stereocenters. The number of nitrogens with zero attached hydrogens (tertiary/aromatic N) is 4. The third-order valence-electron chi connectivity index (χ3n) is 8.06. The fourth-order valence-corrected chi connectivity index (χ4v) is 5.54. The van der Waals surface area contributed by atoms with Gasteiger partial charge in [-0.25, -0.2) is 9.97 Å². The highest BCUT2D eigenvalue weighted by Gasteiger charge is 2.50. The van der Waals surface area contributed by atoms with Crippen molar-refractivity contribution in [1.29, 1.82) is 0 Å². The fraction of sp³-hybridized carbons (Fsp3) is 0.483. The number of benzene rings is 1. The van der Waals surface area contributed by atoms with Crippen LogP contribution in [0.2, 0.25) is 0 Å². The number of piperidine rings is 1. The van der Waals surface area contributed by atoms with Gasteiger partial charge in [-0.05, 0) is 63.5 Å². The second-order valence-electron chi connectivity index (χ2n) is 11.2. The average Bonchev–Trinajstić information content (AvgIpc) is 3.84. The van der Waals surface area contributed by atoms with E-state index in [2.05, 4.69) is 36.7 Å². The van der Waals surface area contributed by atoms with E-state index in [0.717, 1.165) is 48.5 Å². The van der Waals surface area contributed by atoms with E-state index in [4.69, 9.17) is 4.52 Å². The molecule has 3 aliphatic rings. The van der Waals surface area contributed by atoms with Crippen LogP contribution in [-0.4, -0.2) is 57.5 Å². The molecule has 2 atom stereocenters. The van der Waals surface area contributed by atoms with Crippen LogP contribution < -0.4 is 10.6 Å². The first-order chi connectivity index (χ1) is 18.4. The number of aromatic nitrogens is 3. The summed E-state index contributed by atoms with van der Waals surface area (Å²) in [6, 6.07) is 9.22. The topological polar surface area (TPSA) is 113 Å². The second-order valence-corrected chi connectivity index (χ2v) is 11.2. The van der Waals surface area contributed by atoms with E-state index in [1.165, 1.54) is 12.8 Å². The maximum atomic E-state index is 13.7. The van der Waals surface area contributed by atoms with Crippen LogP contribution >= 0.6 is 0 Å². The van der Waals surface area contributed by atoms with Gasteiger partial charge in [-0.15, -0.1) is 0 Å². The molecule has 2 saturated carbocycles. The third kappa shape index (κ3) is 5.20. The summed E-state index contributed by atoms with van der Waals surface area (Å²) in [6.45, 7) is 6.53. The summed E-state index contributed by atoms with van der Waals surface area (Å²) in [4.78, 5) is 38.1. The van der Waals surface area contributed by atoms with Crippen LogP contribution in [0.25, 0.3) is 11.3 Å². The van der Waals surface area contributed by atoms with Gasteiger partial charge in [0.25, 0.3) is 5.91 Å². The van der Waals surface area contributed by atoms with Crippen molar-refractivity contribution in [2.45, 2.75) is 57.5 Å². The van der Waals surface area contributed by atoms with Crippen LogP contribution in [0.15, 0.2) is 47.2 Å². The van der Waals surface area contributed by atoms with Crippen molar-refractivity contribution in [2.75, 3.05) is 19.6 Å². The number of hydrogen-bond acceptors (Lipinski definition) is 7. The Balaban J connectivity index is 1.17. The predicted octanol–water partition coefficient (Wildman–Crippen LogP) is 3.38. The number of carbonyl (C=O) groups excluding carboxylic acids is 2. The standard InChI is InChI=1S/C29H34N6O3/c1-18-4-7-21(19(2)14-18)25-15-24(34-38-25)27(37)32-23-8-13-35(16-20-5-6-20)17-22(23)26(36)33-29(9-10-29)28-30-11-3-12-31-28/h3-4,7,11-12,14-15,20,22-23H,5-6,8-10,13,16-17H2,1-2H3,(H,32,37)(H,33,36)/t22-,23-/m0/s1. The minimum atomic E-state index is -0.501. The zero-order chi connectivity index (χ0) is 26.3. The molecule has 0 bridgehead atoms. The van der Waals surface area contributed by atoms with Crippen LogP contribution in [0.5, 0.6) is 0 Å². The molecule has 9 heteroatoms. The Kier molecular flexibility index (Phi) is 6.47. The zero-order valence-corrected chi connectivity index (χ0v) is 21.9. The number of amides is 2. The monoisotopic (exact) mass is 514 g/mol. The van der Waals surface area contributed by atoms with Gasteiger partial charge in [-0.1, -0.05) is 28.9 Å². The Bertz CT molecular complexity index is 1330. The van der Waals surface area contributed by atoms with Crippen LogP contribution in [0, 0.1) is 25.7 Å². The molecule has 1 aliphatic heterocycles. The van der Waals surface area contributed by atoms with E-state index in [-0.39, 0.29) is 29.5 Å². The molecule has 2 N–H and O–H groups in total. The molecule has 1 aromatic carbocycles. The van der Waals surface area contributed by atoms with E-state index >= 15 is 0 Å². The van der Waals surface area contributed by atoms with Gasteiger partial charge in [0.05, 0.1) is 11.5 Å². The zero-order valence-electron chi connectivity index (χ0n) is 21.9. The Labute approximate surface area is 222 Å². The van der Waals surface area contributed by atoms with Crippen LogP contribution in [0.4, 0.5) is 0 Å². The number of nitrogens with one attached hydrogen (secondary N) is 2. The highest BCUT2D eigenvalue weighted by atomic mass is 16.5. The molecular formula is C29H34N6O3. The maximum Gasteiger partial charge on any atom is 0.273 e. The van der Waals surface area contributed by atoms with Crippen LogP contribution in [0.3, 0.4) is 0 Å². The van der Waals surface area contributed by atoms with E-state index in [0.29, 0.717) is 24.6 Å². The van der Waals surface area contributed by atoms with Gasteiger partial charge < -0.3 is 20.1 Å². The van der Waals surface area contributed by atoms with Crippen molar-refractivity contribution in [2.24, 2.45) is 11.8 Å². The second kappa shape index (κ2) is 9.94. The summed E-state index contributed by atoms with van der Waals surface area (Å²) >= 11 is 0. The van der Waals surface area contributed by atoms with Crippen molar-refractivity contribution in [3.05, 3.63) is 65.4 Å². The Morgan fingerprint density at radius 1 is 1.11 bits per heavy atom. The molecule has 3 heterocycles. The Morgan fingerprint density at radius 2 is 1.89 bits per heavy atom. The summed E-state index contributed by atoms with van der Waals surface area (Å²) in [7, 11) is 0. The highest BCUT2D eigenvalue weighted by Crippen LogP contribution is 2.44.